The molecule has 4 heterocycles. The van der Waals surface area contributed by atoms with Gasteiger partial charge in [0.2, 0.25) is 0 Å². The molecule has 0 atom stereocenters. The number of carbonyl (C=O) groups excluding carboxylic acids is 1. The average molecular weight is 407 g/mol. The second kappa shape index (κ2) is 7.64. The highest BCUT2D eigenvalue weighted by atomic mass is 16.5. The molecule has 1 amide bonds. The normalized spacial score (nSPS) is 17.5. The predicted molar refractivity (Wildman–Crippen MR) is 109 cm³/mol. The maximum atomic E-state index is 13.0. The topological polar surface area (TPSA) is 93.2 Å². The van der Waals surface area contributed by atoms with Crippen LogP contribution in [0.3, 0.4) is 0 Å². The van der Waals surface area contributed by atoms with Crippen molar-refractivity contribution in [2.24, 2.45) is 0 Å². The Bertz CT molecular complexity index is 1060. The zero-order chi connectivity index (χ0) is 20.7. The van der Waals surface area contributed by atoms with Gasteiger partial charge in [-0.15, -0.1) is 0 Å². The molecule has 3 aromatic rings. The average Bonchev–Trinajstić information content (AvgIpc) is 3.39. The van der Waals surface area contributed by atoms with Crippen LogP contribution in [0.1, 0.15) is 47.6 Å². The minimum absolute atomic E-state index is 0.0247. The Morgan fingerprint density at radius 1 is 1.23 bits per heavy atom. The molecule has 1 aliphatic carbocycles. The van der Waals surface area contributed by atoms with Crippen molar-refractivity contribution >= 4 is 5.91 Å². The number of hydrogen-bond acceptors (Lipinski definition) is 7. The van der Waals surface area contributed by atoms with E-state index < -0.39 is 0 Å². The number of likely N-dealkylation sites (N-methyl/N-ethyl adjacent to an activating group) is 1. The van der Waals surface area contributed by atoms with Crippen molar-refractivity contribution in [2.75, 3.05) is 32.7 Å². The van der Waals surface area contributed by atoms with Crippen LogP contribution in [0.4, 0.5) is 0 Å². The lowest BCUT2D eigenvalue weighted by Crippen LogP contribution is -2.48. The molecular formula is C21H25N7O2. The molecule has 5 rings (SSSR count). The predicted octanol–water partition coefficient (Wildman–Crippen LogP) is 2.28. The third kappa shape index (κ3) is 3.49. The van der Waals surface area contributed by atoms with Crippen LogP contribution in [-0.2, 0) is 0 Å². The molecule has 1 saturated carbocycles. The number of aromatic nitrogens is 5. The Balaban J connectivity index is 1.37. The van der Waals surface area contributed by atoms with Crippen molar-refractivity contribution < 1.29 is 9.32 Å². The zero-order valence-electron chi connectivity index (χ0n) is 17.3. The largest absolute Gasteiger partial charge is 0.336 e. The Kier molecular flexibility index (Phi) is 4.82. The van der Waals surface area contributed by atoms with Crippen LogP contribution in [0.15, 0.2) is 29.0 Å². The summed E-state index contributed by atoms with van der Waals surface area (Å²) in [5.41, 5.74) is 2.17. The minimum atomic E-state index is 0.0247. The number of pyridine rings is 1. The molecule has 9 heteroatoms. The van der Waals surface area contributed by atoms with Crippen LogP contribution >= 0.6 is 0 Å². The van der Waals surface area contributed by atoms with Gasteiger partial charge >= 0.3 is 0 Å². The van der Waals surface area contributed by atoms with Crippen LogP contribution in [-0.4, -0.2) is 73.3 Å². The highest BCUT2D eigenvalue weighted by Crippen LogP contribution is 2.38. The molecular weight excluding hydrogens is 382 g/mol. The quantitative estimate of drug-likeness (QED) is 0.640. The first-order valence-corrected chi connectivity index (χ1v) is 10.5. The van der Waals surface area contributed by atoms with Crippen molar-refractivity contribution in [1.82, 2.24) is 34.7 Å². The molecule has 0 unspecified atom stereocenters. The standard InChI is InChI=1S/C21H25N7O2/c1-3-26-8-10-27(11-9-26)21(29)17-13-23-28(14(17)2)18-12-16(6-7-22-18)20-24-19(25-30-20)15-4-5-15/h6-7,12-13,15H,3-5,8-11H2,1-2H3. The van der Waals surface area contributed by atoms with E-state index in [0.717, 1.165) is 62.6 Å². The lowest BCUT2D eigenvalue weighted by atomic mass is 10.2. The molecule has 0 radical (unpaired) electrons. The summed E-state index contributed by atoms with van der Waals surface area (Å²) in [5.74, 6) is 2.33. The fourth-order valence-corrected chi connectivity index (χ4v) is 3.81. The molecule has 9 nitrogen and oxygen atoms in total. The Morgan fingerprint density at radius 2 is 2.03 bits per heavy atom. The zero-order valence-corrected chi connectivity index (χ0v) is 17.3. The SMILES string of the molecule is CCN1CCN(C(=O)c2cnn(-c3cc(-c4nc(C5CC5)no4)ccn3)c2C)CC1. The molecule has 0 N–H and O–H groups in total. The van der Waals surface area contributed by atoms with Gasteiger partial charge in [-0.2, -0.15) is 10.1 Å². The summed E-state index contributed by atoms with van der Waals surface area (Å²) in [6.45, 7) is 8.36. The van der Waals surface area contributed by atoms with E-state index >= 15 is 0 Å². The van der Waals surface area contributed by atoms with Gasteiger partial charge < -0.3 is 14.3 Å². The van der Waals surface area contributed by atoms with E-state index in [4.69, 9.17) is 4.52 Å². The molecule has 0 bridgehead atoms. The molecule has 2 fully saturated rings. The highest BCUT2D eigenvalue weighted by molar-refractivity contribution is 5.95. The van der Waals surface area contributed by atoms with Crippen molar-refractivity contribution in [3.8, 4) is 17.3 Å². The fourth-order valence-electron chi connectivity index (χ4n) is 3.81. The van der Waals surface area contributed by atoms with Crippen molar-refractivity contribution in [3.63, 3.8) is 0 Å². The number of piperazine rings is 1. The first-order valence-electron chi connectivity index (χ1n) is 10.5. The smallest absolute Gasteiger partial charge is 0.258 e. The van der Waals surface area contributed by atoms with Gasteiger partial charge in [-0.1, -0.05) is 12.1 Å². The van der Waals surface area contributed by atoms with Crippen LogP contribution in [0, 0.1) is 6.92 Å². The van der Waals surface area contributed by atoms with E-state index in [2.05, 4.69) is 32.0 Å². The second-order valence-corrected chi connectivity index (χ2v) is 7.92. The Labute approximate surface area is 174 Å². The first-order chi connectivity index (χ1) is 14.6. The monoisotopic (exact) mass is 407 g/mol. The fraction of sp³-hybridized carbons (Fsp3) is 0.476. The number of nitrogens with zero attached hydrogens (tertiary/aromatic N) is 7. The molecule has 30 heavy (non-hydrogen) atoms. The van der Waals surface area contributed by atoms with Gasteiger partial charge in [-0.25, -0.2) is 9.67 Å². The van der Waals surface area contributed by atoms with E-state index in [1.54, 1.807) is 17.1 Å². The summed E-state index contributed by atoms with van der Waals surface area (Å²) >= 11 is 0. The molecule has 3 aromatic heterocycles. The second-order valence-electron chi connectivity index (χ2n) is 7.92. The number of amides is 1. The van der Waals surface area contributed by atoms with Gasteiger partial charge in [0.1, 0.15) is 0 Å². The number of rotatable bonds is 5. The minimum Gasteiger partial charge on any atom is -0.336 e. The van der Waals surface area contributed by atoms with Crippen LogP contribution < -0.4 is 0 Å². The van der Waals surface area contributed by atoms with Crippen LogP contribution in [0.2, 0.25) is 0 Å². The summed E-state index contributed by atoms with van der Waals surface area (Å²) in [5, 5.41) is 8.52. The van der Waals surface area contributed by atoms with Crippen LogP contribution in [0.5, 0.6) is 0 Å². The van der Waals surface area contributed by atoms with Crippen LogP contribution in [0.25, 0.3) is 17.3 Å². The van der Waals surface area contributed by atoms with Crippen molar-refractivity contribution in [3.05, 3.63) is 41.6 Å². The summed E-state index contributed by atoms with van der Waals surface area (Å²) in [7, 11) is 0. The highest BCUT2D eigenvalue weighted by Gasteiger charge is 2.29. The maximum absolute atomic E-state index is 13.0. The van der Waals surface area contributed by atoms with E-state index in [1.165, 1.54) is 0 Å². The van der Waals surface area contributed by atoms with E-state index in [0.29, 0.717) is 23.2 Å². The van der Waals surface area contributed by atoms with E-state index in [-0.39, 0.29) is 5.91 Å². The molecule has 2 aliphatic rings. The third-order valence-corrected chi connectivity index (χ3v) is 5.94. The molecule has 0 spiro atoms. The molecule has 0 aromatic carbocycles. The summed E-state index contributed by atoms with van der Waals surface area (Å²) in [4.78, 5) is 26.2. The molecule has 156 valence electrons. The van der Waals surface area contributed by atoms with Gasteiger partial charge in [0, 0.05) is 43.9 Å². The Morgan fingerprint density at radius 3 is 2.77 bits per heavy atom. The van der Waals surface area contributed by atoms with E-state index in [1.807, 2.05) is 24.0 Å². The molecule has 1 aliphatic heterocycles. The summed E-state index contributed by atoms with van der Waals surface area (Å²) in [6.07, 6.45) is 5.57. The lowest BCUT2D eigenvalue weighted by Gasteiger charge is -2.34. The van der Waals surface area contributed by atoms with Crippen molar-refractivity contribution in [2.45, 2.75) is 32.6 Å². The number of hydrogen-bond donors (Lipinski definition) is 0. The summed E-state index contributed by atoms with van der Waals surface area (Å²) in [6, 6.07) is 3.70. The Hall–Kier alpha value is -3.07. The van der Waals surface area contributed by atoms with Crippen molar-refractivity contribution in [1.29, 1.82) is 0 Å². The van der Waals surface area contributed by atoms with Gasteiger partial charge in [0.15, 0.2) is 11.6 Å². The first kappa shape index (κ1) is 18.9. The molecule has 1 saturated heterocycles. The maximum Gasteiger partial charge on any atom is 0.258 e. The van der Waals surface area contributed by atoms with E-state index in [9.17, 15) is 4.79 Å². The van der Waals surface area contributed by atoms with Gasteiger partial charge in [-0.3, -0.25) is 4.79 Å². The summed E-state index contributed by atoms with van der Waals surface area (Å²) < 4.78 is 7.12. The van der Waals surface area contributed by atoms with Gasteiger partial charge in [0.05, 0.1) is 17.5 Å². The van der Waals surface area contributed by atoms with Gasteiger partial charge in [0.25, 0.3) is 11.8 Å². The van der Waals surface area contributed by atoms with Gasteiger partial charge in [-0.05, 0) is 38.4 Å². The number of carbonyl (C=O) groups is 1. The lowest BCUT2D eigenvalue weighted by molar-refractivity contribution is 0.0642. The third-order valence-electron chi connectivity index (χ3n) is 5.94.